The van der Waals surface area contributed by atoms with Gasteiger partial charge in [0.05, 0.1) is 11.2 Å². The van der Waals surface area contributed by atoms with Gasteiger partial charge in [0.25, 0.3) is 0 Å². The van der Waals surface area contributed by atoms with Crippen LogP contribution in [0.2, 0.25) is 10.0 Å². The zero-order valence-corrected chi connectivity index (χ0v) is 12.0. The van der Waals surface area contributed by atoms with Crippen LogP contribution in [-0.2, 0) is 6.54 Å². The van der Waals surface area contributed by atoms with Gasteiger partial charge in [-0.2, -0.15) is 0 Å². The van der Waals surface area contributed by atoms with Crippen LogP contribution in [0, 0.1) is 0 Å². The molecule has 0 unspecified atom stereocenters. The molecule has 1 N–H and O–H groups in total. The maximum absolute atomic E-state index is 6.01. The minimum atomic E-state index is 0.535. The van der Waals surface area contributed by atoms with E-state index in [1.165, 1.54) is 0 Å². The normalized spacial score (nSPS) is 10.5. The Bertz CT molecular complexity index is 561. The fourth-order valence-corrected chi connectivity index (χ4v) is 1.93. The first-order valence-electron chi connectivity index (χ1n) is 5.96. The smallest absolute Gasteiger partial charge is 0.147 e. The molecule has 1 heterocycles. The van der Waals surface area contributed by atoms with Crippen molar-refractivity contribution < 1.29 is 4.74 Å². The molecule has 0 saturated heterocycles. The molecule has 1 aromatic heterocycles. The van der Waals surface area contributed by atoms with E-state index in [2.05, 4.69) is 17.2 Å². The molecule has 0 radical (unpaired) electrons. The van der Waals surface area contributed by atoms with Gasteiger partial charge in [0.15, 0.2) is 0 Å². The van der Waals surface area contributed by atoms with Gasteiger partial charge in [-0.15, -0.1) is 0 Å². The third-order valence-electron chi connectivity index (χ3n) is 2.50. The largest absolute Gasteiger partial charge is 0.455 e. The summed E-state index contributed by atoms with van der Waals surface area (Å²) in [5.74, 6) is 1.30. The van der Waals surface area contributed by atoms with Crippen molar-refractivity contribution in [3.63, 3.8) is 0 Å². The summed E-state index contributed by atoms with van der Waals surface area (Å²) < 4.78 is 5.80. The number of nitrogens with zero attached hydrogens (tertiary/aromatic N) is 1. The molecule has 0 atom stereocenters. The van der Waals surface area contributed by atoms with Crippen molar-refractivity contribution in [1.82, 2.24) is 10.3 Å². The van der Waals surface area contributed by atoms with Gasteiger partial charge < -0.3 is 10.1 Å². The molecule has 0 aliphatic rings. The minimum absolute atomic E-state index is 0.535. The molecule has 19 heavy (non-hydrogen) atoms. The molecule has 0 spiro atoms. The molecule has 2 aromatic rings. The number of ether oxygens (including phenoxy) is 1. The van der Waals surface area contributed by atoms with Crippen LogP contribution in [0.5, 0.6) is 11.5 Å². The molecule has 0 fully saturated rings. The van der Waals surface area contributed by atoms with Crippen LogP contribution in [0.4, 0.5) is 0 Å². The quantitative estimate of drug-likeness (QED) is 0.894. The Morgan fingerprint density at radius 2 is 2.00 bits per heavy atom. The topological polar surface area (TPSA) is 34.1 Å². The molecule has 0 bridgehead atoms. The monoisotopic (exact) mass is 296 g/mol. The number of hydrogen-bond acceptors (Lipinski definition) is 3. The highest BCUT2D eigenvalue weighted by molar-refractivity contribution is 6.31. The third-order valence-corrected chi connectivity index (χ3v) is 2.94. The van der Waals surface area contributed by atoms with Crippen molar-refractivity contribution in [2.24, 2.45) is 0 Å². The Morgan fingerprint density at radius 3 is 2.74 bits per heavy atom. The summed E-state index contributed by atoms with van der Waals surface area (Å²) in [6, 6.07) is 7.29. The van der Waals surface area contributed by atoms with Gasteiger partial charge >= 0.3 is 0 Å². The Hall–Kier alpha value is -1.29. The van der Waals surface area contributed by atoms with Crippen LogP contribution in [0.1, 0.15) is 12.5 Å². The van der Waals surface area contributed by atoms with Crippen LogP contribution in [-0.4, -0.2) is 11.5 Å². The molecule has 0 aliphatic heterocycles. The van der Waals surface area contributed by atoms with Crippen molar-refractivity contribution in [3.8, 4) is 11.5 Å². The highest BCUT2D eigenvalue weighted by Gasteiger charge is 2.06. The van der Waals surface area contributed by atoms with Crippen molar-refractivity contribution in [3.05, 3.63) is 52.3 Å². The standard InChI is InChI=1S/C14H14Cl2N2O/c1-2-17-7-10-3-4-11(15)6-14(10)19-13-5-12(16)8-18-9-13/h3-6,8-9,17H,2,7H2,1H3. The van der Waals surface area contributed by atoms with Crippen LogP contribution < -0.4 is 10.1 Å². The molecule has 3 nitrogen and oxygen atoms in total. The molecule has 1 aromatic carbocycles. The van der Waals surface area contributed by atoms with E-state index < -0.39 is 0 Å². The molecule has 0 aliphatic carbocycles. The molecule has 2 rings (SSSR count). The lowest BCUT2D eigenvalue weighted by molar-refractivity contribution is 0.471. The lowest BCUT2D eigenvalue weighted by Crippen LogP contribution is -2.12. The number of benzene rings is 1. The summed E-state index contributed by atoms with van der Waals surface area (Å²) in [6.45, 7) is 3.66. The lowest BCUT2D eigenvalue weighted by atomic mass is 10.2. The first-order valence-corrected chi connectivity index (χ1v) is 6.72. The second kappa shape index (κ2) is 6.75. The second-order valence-electron chi connectivity index (χ2n) is 3.97. The molecule has 100 valence electrons. The van der Waals surface area contributed by atoms with Crippen molar-refractivity contribution in [1.29, 1.82) is 0 Å². The number of aromatic nitrogens is 1. The van der Waals surface area contributed by atoms with Gasteiger partial charge in [0.2, 0.25) is 0 Å². The van der Waals surface area contributed by atoms with Gasteiger partial charge in [0.1, 0.15) is 11.5 Å². The lowest BCUT2D eigenvalue weighted by Gasteiger charge is -2.12. The second-order valence-corrected chi connectivity index (χ2v) is 4.85. The van der Waals surface area contributed by atoms with E-state index in [1.54, 1.807) is 24.5 Å². The highest BCUT2D eigenvalue weighted by atomic mass is 35.5. The molecule has 0 saturated carbocycles. The van der Waals surface area contributed by atoms with Gasteiger partial charge in [0, 0.05) is 29.4 Å². The number of pyridine rings is 1. The van der Waals surface area contributed by atoms with Gasteiger partial charge in [-0.3, -0.25) is 4.98 Å². The van der Waals surface area contributed by atoms with E-state index in [-0.39, 0.29) is 0 Å². The van der Waals surface area contributed by atoms with Crippen LogP contribution >= 0.6 is 23.2 Å². The van der Waals surface area contributed by atoms with Crippen molar-refractivity contribution in [2.45, 2.75) is 13.5 Å². The average molecular weight is 297 g/mol. The summed E-state index contributed by atoms with van der Waals surface area (Å²) in [4.78, 5) is 3.99. The van der Waals surface area contributed by atoms with Gasteiger partial charge in [-0.05, 0) is 18.7 Å². The van der Waals surface area contributed by atoms with E-state index in [1.807, 2.05) is 12.1 Å². The van der Waals surface area contributed by atoms with E-state index >= 15 is 0 Å². The number of hydrogen-bond donors (Lipinski definition) is 1. The Morgan fingerprint density at radius 1 is 1.16 bits per heavy atom. The zero-order valence-electron chi connectivity index (χ0n) is 10.5. The first kappa shape index (κ1) is 14.1. The number of halogens is 2. The van der Waals surface area contributed by atoms with Gasteiger partial charge in [-0.1, -0.05) is 36.2 Å². The SMILES string of the molecule is CCNCc1ccc(Cl)cc1Oc1cncc(Cl)c1. The summed E-state index contributed by atoms with van der Waals surface area (Å²) in [5.41, 5.74) is 1.03. The summed E-state index contributed by atoms with van der Waals surface area (Å²) in [5, 5.41) is 4.42. The fourth-order valence-electron chi connectivity index (χ4n) is 1.60. The molecular weight excluding hydrogens is 283 g/mol. The van der Waals surface area contributed by atoms with E-state index in [9.17, 15) is 0 Å². The Kier molecular flexibility index (Phi) is 5.02. The number of rotatable bonds is 5. The van der Waals surface area contributed by atoms with Crippen molar-refractivity contribution in [2.75, 3.05) is 6.54 Å². The zero-order chi connectivity index (χ0) is 13.7. The summed E-state index contributed by atoms with van der Waals surface area (Å²) >= 11 is 11.9. The fraction of sp³-hybridized carbons (Fsp3) is 0.214. The van der Waals surface area contributed by atoms with Crippen LogP contribution in [0.25, 0.3) is 0 Å². The predicted molar refractivity (Wildman–Crippen MR) is 78.2 cm³/mol. The van der Waals surface area contributed by atoms with Crippen LogP contribution in [0.3, 0.4) is 0 Å². The maximum Gasteiger partial charge on any atom is 0.147 e. The average Bonchev–Trinajstić information content (AvgIpc) is 2.38. The van der Waals surface area contributed by atoms with E-state index in [4.69, 9.17) is 27.9 Å². The number of nitrogens with one attached hydrogen (secondary N) is 1. The molecule has 5 heteroatoms. The maximum atomic E-state index is 6.01. The van der Waals surface area contributed by atoms with E-state index in [0.29, 0.717) is 21.5 Å². The molecule has 0 amide bonds. The Labute approximate surface area is 122 Å². The predicted octanol–water partition coefficient (Wildman–Crippen LogP) is 4.29. The van der Waals surface area contributed by atoms with Crippen molar-refractivity contribution >= 4 is 23.2 Å². The van der Waals surface area contributed by atoms with Gasteiger partial charge in [-0.25, -0.2) is 0 Å². The van der Waals surface area contributed by atoms with Crippen LogP contribution in [0.15, 0.2) is 36.7 Å². The summed E-state index contributed by atoms with van der Waals surface area (Å²) in [7, 11) is 0. The Balaban J connectivity index is 2.24. The third kappa shape index (κ3) is 4.10. The highest BCUT2D eigenvalue weighted by Crippen LogP contribution is 2.29. The minimum Gasteiger partial charge on any atom is -0.455 e. The van der Waals surface area contributed by atoms with E-state index in [0.717, 1.165) is 18.7 Å². The molecular formula is C14H14Cl2N2O. The summed E-state index contributed by atoms with van der Waals surface area (Å²) in [6.07, 6.45) is 3.18. The first-order chi connectivity index (χ1) is 9.19.